The quantitative estimate of drug-likeness (QED) is 0.838. The summed E-state index contributed by atoms with van der Waals surface area (Å²) < 4.78 is 5.16. The van der Waals surface area contributed by atoms with Gasteiger partial charge < -0.3 is 14.9 Å². The normalized spacial score (nSPS) is 17.2. The number of amides is 1. The summed E-state index contributed by atoms with van der Waals surface area (Å²) in [5, 5.41) is 20.5. The molecule has 3 rings (SSSR count). The third-order valence-electron chi connectivity index (χ3n) is 4.67. The highest BCUT2D eigenvalue weighted by Gasteiger charge is 2.46. The maximum atomic E-state index is 13.1. The number of ketones is 1. The van der Waals surface area contributed by atoms with Crippen molar-refractivity contribution in [1.29, 1.82) is 0 Å². The van der Waals surface area contributed by atoms with E-state index in [2.05, 4.69) is 0 Å². The van der Waals surface area contributed by atoms with Crippen LogP contribution in [0.15, 0.2) is 59.9 Å². The van der Waals surface area contributed by atoms with E-state index in [0.29, 0.717) is 17.0 Å². The number of hydrogen-bond donors (Lipinski definition) is 2. The molecule has 1 amide bonds. The summed E-state index contributed by atoms with van der Waals surface area (Å²) in [6.45, 7) is 5.20. The second-order valence-electron chi connectivity index (χ2n) is 7.71. The van der Waals surface area contributed by atoms with Crippen LogP contribution in [-0.2, 0) is 9.59 Å². The lowest BCUT2D eigenvalue weighted by Gasteiger charge is -2.29. The maximum Gasteiger partial charge on any atom is 0.294 e. The molecule has 2 aromatic carbocycles. The van der Waals surface area contributed by atoms with Crippen molar-refractivity contribution >= 4 is 17.4 Å². The molecule has 1 aliphatic rings. The fourth-order valence-electron chi connectivity index (χ4n) is 3.26. The summed E-state index contributed by atoms with van der Waals surface area (Å²) in [5.41, 5.74) is 0.260. The van der Waals surface area contributed by atoms with E-state index in [1.807, 2.05) is 0 Å². The predicted octanol–water partition coefficient (Wildman–Crippen LogP) is 3.92. The van der Waals surface area contributed by atoms with Crippen molar-refractivity contribution in [3.05, 3.63) is 65.4 Å². The van der Waals surface area contributed by atoms with Gasteiger partial charge in [0.1, 0.15) is 11.5 Å². The van der Waals surface area contributed by atoms with Crippen LogP contribution < -0.4 is 9.64 Å². The lowest BCUT2D eigenvalue weighted by atomic mass is 9.82. The van der Waals surface area contributed by atoms with Crippen molar-refractivity contribution in [2.24, 2.45) is 5.41 Å². The molecule has 28 heavy (non-hydrogen) atoms. The van der Waals surface area contributed by atoms with Crippen molar-refractivity contribution in [2.45, 2.75) is 26.8 Å². The number of phenols is 1. The zero-order chi connectivity index (χ0) is 20.6. The number of benzene rings is 2. The van der Waals surface area contributed by atoms with Gasteiger partial charge in [-0.3, -0.25) is 14.5 Å². The summed E-state index contributed by atoms with van der Waals surface area (Å²) in [6.07, 6.45) is 0. The van der Waals surface area contributed by atoms with E-state index in [-0.39, 0.29) is 17.1 Å². The molecule has 2 N–H and O–H groups in total. The first-order chi connectivity index (χ1) is 13.1. The number of aliphatic hydroxyl groups is 1. The van der Waals surface area contributed by atoms with Crippen molar-refractivity contribution in [2.75, 3.05) is 12.0 Å². The standard InChI is InChI=1S/C22H23NO5/c1-22(2,3)20(26)17-18(13-6-5-7-15(24)12-13)23(21(27)19(17)25)14-8-10-16(28-4)11-9-14/h5-12,18,24-25H,1-4H3. The third-order valence-corrected chi connectivity index (χ3v) is 4.67. The Hall–Kier alpha value is -3.28. The van der Waals surface area contributed by atoms with Gasteiger partial charge in [0.25, 0.3) is 5.91 Å². The molecular weight excluding hydrogens is 358 g/mol. The Balaban J connectivity index is 2.19. The van der Waals surface area contributed by atoms with Crippen LogP contribution in [0.5, 0.6) is 11.5 Å². The minimum absolute atomic E-state index is 0.00794. The number of aromatic hydroxyl groups is 1. The Bertz CT molecular complexity index is 954. The summed E-state index contributed by atoms with van der Waals surface area (Å²) in [4.78, 5) is 27.4. The summed E-state index contributed by atoms with van der Waals surface area (Å²) >= 11 is 0. The molecule has 0 saturated carbocycles. The molecule has 0 spiro atoms. The second kappa shape index (κ2) is 7.03. The van der Waals surface area contributed by atoms with Gasteiger partial charge >= 0.3 is 0 Å². The first-order valence-corrected chi connectivity index (χ1v) is 8.89. The number of aliphatic hydroxyl groups excluding tert-OH is 1. The third kappa shape index (κ3) is 3.33. The zero-order valence-electron chi connectivity index (χ0n) is 16.3. The molecule has 1 atom stereocenters. The highest BCUT2D eigenvalue weighted by atomic mass is 16.5. The van der Waals surface area contributed by atoms with E-state index in [4.69, 9.17) is 4.74 Å². The first-order valence-electron chi connectivity index (χ1n) is 8.89. The molecule has 6 nitrogen and oxygen atoms in total. The van der Waals surface area contributed by atoms with Crippen molar-refractivity contribution in [3.63, 3.8) is 0 Å². The monoisotopic (exact) mass is 381 g/mol. The molecule has 6 heteroatoms. The van der Waals surface area contributed by atoms with Crippen LogP contribution in [0.1, 0.15) is 32.4 Å². The van der Waals surface area contributed by atoms with Crippen LogP contribution >= 0.6 is 0 Å². The lowest BCUT2D eigenvalue weighted by Crippen LogP contribution is -2.32. The molecule has 1 heterocycles. The Morgan fingerprint density at radius 1 is 1.07 bits per heavy atom. The van der Waals surface area contributed by atoms with Gasteiger partial charge in [-0.15, -0.1) is 0 Å². The summed E-state index contributed by atoms with van der Waals surface area (Å²) in [5.74, 6) is -0.932. The summed E-state index contributed by atoms with van der Waals surface area (Å²) in [6, 6.07) is 12.3. The minimum Gasteiger partial charge on any atom is -0.508 e. The van der Waals surface area contributed by atoms with Crippen LogP contribution in [0, 0.1) is 5.41 Å². The van der Waals surface area contributed by atoms with Gasteiger partial charge in [0.05, 0.1) is 18.7 Å². The molecule has 1 aliphatic heterocycles. The molecule has 0 radical (unpaired) electrons. The van der Waals surface area contributed by atoms with Crippen LogP contribution in [0.3, 0.4) is 0 Å². The van der Waals surface area contributed by atoms with Crippen LogP contribution in [0.2, 0.25) is 0 Å². The number of carbonyl (C=O) groups excluding carboxylic acids is 2. The Kier molecular flexibility index (Phi) is 4.89. The molecule has 0 aromatic heterocycles. The minimum atomic E-state index is -0.847. The number of carbonyl (C=O) groups is 2. The van der Waals surface area contributed by atoms with E-state index in [0.717, 1.165) is 0 Å². The van der Waals surface area contributed by atoms with E-state index in [1.54, 1.807) is 64.3 Å². The molecule has 146 valence electrons. The van der Waals surface area contributed by atoms with Gasteiger partial charge in [0.15, 0.2) is 11.5 Å². The van der Waals surface area contributed by atoms with Gasteiger partial charge in [-0.05, 0) is 42.0 Å². The van der Waals surface area contributed by atoms with Crippen LogP contribution in [0.4, 0.5) is 5.69 Å². The fraction of sp³-hybridized carbons (Fsp3) is 0.273. The predicted molar refractivity (Wildman–Crippen MR) is 105 cm³/mol. The molecule has 0 saturated heterocycles. The van der Waals surface area contributed by atoms with E-state index in [9.17, 15) is 19.8 Å². The average Bonchev–Trinajstić information content (AvgIpc) is 2.91. The zero-order valence-corrected chi connectivity index (χ0v) is 16.3. The second-order valence-corrected chi connectivity index (χ2v) is 7.71. The fourth-order valence-corrected chi connectivity index (χ4v) is 3.26. The molecule has 0 bridgehead atoms. The topological polar surface area (TPSA) is 87.1 Å². The lowest BCUT2D eigenvalue weighted by molar-refractivity contribution is -0.123. The van der Waals surface area contributed by atoms with Gasteiger partial charge in [0.2, 0.25) is 0 Å². The smallest absolute Gasteiger partial charge is 0.294 e. The highest BCUT2D eigenvalue weighted by molar-refractivity contribution is 6.17. The maximum absolute atomic E-state index is 13.1. The Morgan fingerprint density at radius 2 is 1.71 bits per heavy atom. The van der Waals surface area contributed by atoms with Gasteiger partial charge in [-0.2, -0.15) is 0 Å². The van der Waals surface area contributed by atoms with Crippen LogP contribution in [0.25, 0.3) is 0 Å². The molecule has 2 aromatic rings. The number of nitrogens with zero attached hydrogens (tertiary/aromatic N) is 1. The number of rotatable bonds is 4. The van der Waals surface area contributed by atoms with Crippen molar-refractivity contribution in [3.8, 4) is 11.5 Å². The molecule has 1 unspecified atom stereocenters. The van der Waals surface area contributed by atoms with Gasteiger partial charge in [0, 0.05) is 11.1 Å². The first kappa shape index (κ1) is 19.5. The molecule has 0 fully saturated rings. The largest absolute Gasteiger partial charge is 0.508 e. The van der Waals surface area contributed by atoms with E-state index >= 15 is 0 Å². The Morgan fingerprint density at radius 3 is 2.25 bits per heavy atom. The van der Waals surface area contributed by atoms with E-state index < -0.39 is 23.1 Å². The SMILES string of the molecule is COc1ccc(N2C(=O)C(O)=C(C(=O)C(C)(C)C)C2c2cccc(O)c2)cc1. The van der Waals surface area contributed by atoms with Crippen molar-refractivity contribution in [1.82, 2.24) is 0 Å². The van der Waals surface area contributed by atoms with Crippen molar-refractivity contribution < 1.29 is 24.5 Å². The Labute approximate surface area is 163 Å². The number of ether oxygens (including phenoxy) is 1. The molecular formula is C22H23NO5. The van der Waals surface area contributed by atoms with Gasteiger partial charge in [-0.1, -0.05) is 32.9 Å². The number of methoxy groups -OCH3 is 1. The molecule has 0 aliphatic carbocycles. The number of phenolic OH excluding ortho intramolecular Hbond substituents is 1. The van der Waals surface area contributed by atoms with E-state index in [1.165, 1.54) is 17.0 Å². The number of anilines is 1. The van der Waals surface area contributed by atoms with Crippen LogP contribution in [-0.4, -0.2) is 29.0 Å². The highest BCUT2D eigenvalue weighted by Crippen LogP contribution is 2.44. The number of Topliss-reactive ketones (excluding diaryl/α,β-unsaturated/α-hetero) is 1. The number of hydrogen-bond acceptors (Lipinski definition) is 5. The summed E-state index contributed by atoms with van der Waals surface area (Å²) in [7, 11) is 1.54. The van der Waals surface area contributed by atoms with Gasteiger partial charge in [-0.25, -0.2) is 0 Å². The average molecular weight is 381 g/mol.